The number of hydrogen-bond donors (Lipinski definition) is 2. The number of nitrogens with one attached hydrogen (secondary N) is 2. The van der Waals surface area contributed by atoms with Crippen molar-refractivity contribution in [1.82, 2.24) is 20.4 Å². The largest absolute Gasteiger partial charge is 0.441 e. The van der Waals surface area contributed by atoms with Crippen LogP contribution >= 0.6 is 11.8 Å². The molecule has 0 radical (unpaired) electrons. The van der Waals surface area contributed by atoms with E-state index in [0.717, 1.165) is 55.8 Å². The molecule has 2 saturated heterocycles. The number of carbonyl (C=O) groups excluding carboxylic acids is 2. The van der Waals surface area contributed by atoms with E-state index in [1.54, 1.807) is 12.0 Å². The van der Waals surface area contributed by atoms with E-state index in [9.17, 15) is 14.0 Å². The smallest absolute Gasteiger partial charge is 0.410 e. The zero-order valence-corrected chi connectivity index (χ0v) is 21.2. The maximum Gasteiger partial charge on any atom is 0.410 e. The van der Waals surface area contributed by atoms with Crippen LogP contribution < -0.4 is 10.6 Å². The summed E-state index contributed by atoms with van der Waals surface area (Å²) in [6.45, 7) is 5.95. The van der Waals surface area contributed by atoms with Gasteiger partial charge in [-0.3, -0.25) is 14.6 Å². The molecule has 3 aliphatic rings. The predicted molar refractivity (Wildman–Crippen MR) is 133 cm³/mol. The SMILES string of the molecule is CCCC(CNC(=O)C1NC=C(CN2CC3(CCN(Cc4ccc(F)cc4)CC3)OC2=O)S1)OC. The van der Waals surface area contributed by atoms with E-state index in [0.29, 0.717) is 19.6 Å². The monoisotopic (exact) mass is 506 g/mol. The minimum Gasteiger partial charge on any atom is -0.441 e. The summed E-state index contributed by atoms with van der Waals surface area (Å²) >= 11 is 1.43. The number of methoxy groups -OCH3 is 1. The molecule has 2 N–H and O–H groups in total. The van der Waals surface area contributed by atoms with E-state index < -0.39 is 11.0 Å². The Morgan fingerprint density at radius 3 is 2.74 bits per heavy atom. The van der Waals surface area contributed by atoms with Gasteiger partial charge in [0.05, 0.1) is 19.2 Å². The summed E-state index contributed by atoms with van der Waals surface area (Å²) in [4.78, 5) is 30.1. The molecule has 2 amide bonds. The number of thioether (sulfide) groups is 1. The van der Waals surface area contributed by atoms with Crippen LogP contribution in [0.5, 0.6) is 0 Å². The fourth-order valence-electron chi connectivity index (χ4n) is 4.76. The van der Waals surface area contributed by atoms with Gasteiger partial charge in [-0.2, -0.15) is 0 Å². The molecule has 3 heterocycles. The van der Waals surface area contributed by atoms with Crippen LogP contribution in [0.3, 0.4) is 0 Å². The molecule has 2 fully saturated rings. The molecule has 1 aromatic carbocycles. The highest BCUT2D eigenvalue weighted by molar-refractivity contribution is 8.04. The van der Waals surface area contributed by atoms with Crippen molar-refractivity contribution in [2.75, 3.05) is 39.8 Å². The number of hydrogen-bond acceptors (Lipinski definition) is 7. The average molecular weight is 507 g/mol. The van der Waals surface area contributed by atoms with Gasteiger partial charge >= 0.3 is 6.09 Å². The lowest BCUT2D eigenvalue weighted by molar-refractivity contribution is -0.121. The fourth-order valence-corrected chi connectivity index (χ4v) is 5.76. The maximum atomic E-state index is 13.1. The highest BCUT2D eigenvalue weighted by atomic mass is 32.2. The van der Waals surface area contributed by atoms with Crippen LogP contribution in [0.4, 0.5) is 9.18 Å². The summed E-state index contributed by atoms with van der Waals surface area (Å²) in [5.74, 6) is -0.317. The summed E-state index contributed by atoms with van der Waals surface area (Å²) in [5, 5.41) is 5.65. The van der Waals surface area contributed by atoms with E-state index in [1.807, 2.05) is 18.3 Å². The lowest BCUT2D eigenvalue weighted by atomic mass is 9.91. The van der Waals surface area contributed by atoms with Gasteiger partial charge in [0, 0.05) is 57.2 Å². The van der Waals surface area contributed by atoms with E-state index in [4.69, 9.17) is 9.47 Å². The van der Waals surface area contributed by atoms with Crippen LogP contribution in [0.15, 0.2) is 35.4 Å². The average Bonchev–Trinajstić information content (AvgIpc) is 3.44. The van der Waals surface area contributed by atoms with Gasteiger partial charge in [-0.15, -0.1) is 0 Å². The zero-order valence-electron chi connectivity index (χ0n) is 20.4. The second kappa shape index (κ2) is 11.6. The molecule has 3 aliphatic heterocycles. The van der Waals surface area contributed by atoms with Crippen LogP contribution in [0.2, 0.25) is 0 Å². The van der Waals surface area contributed by atoms with Gasteiger partial charge in [-0.1, -0.05) is 37.2 Å². The molecule has 0 aliphatic carbocycles. The van der Waals surface area contributed by atoms with Crippen molar-refractivity contribution in [3.8, 4) is 0 Å². The van der Waals surface area contributed by atoms with Gasteiger partial charge < -0.3 is 20.1 Å². The first-order valence-corrected chi connectivity index (χ1v) is 13.1. The van der Waals surface area contributed by atoms with Crippen LogP contribution in [-0.4, -0.2) is 78.7 Å². The van der Waals surface area contributed by atoms with Gasteiger partial charge in [-0.05, 0) is 24.1 Å². The molecule has 2 unspecified atom stereocenters. The number of amides is 2. The van der Waals surface area contributed by atoms with Crippen molar-refractivity contribution in [3.05, 3.63) is 46.8 Å². The topological polar surface area (TPSA) is 83.1 Å². The number of rotatable bonds is 10. The van der Waals surface area contributed by atoms with E-state index in [-0.39, 0.29) is 23.9 Å². The minimum absolute atomic E-state index is 0.0143. The third-order valence-corrected chi connectivity index (χ3v) is 7.96. The number of benzene rings is 1. The summed E-state index contributed by atoms with van der Waals surface area (Å²) in [7, 11) is 1.66. The molecule has 10 heteroatoms. The van der Waals surface area contributed by atoms with E-state index >= 15 is 0 Å². The molecule has 192 valence electrons. The van der Waals surface area contributed by atoms with E-state index in [2.05, 4.69) is 22.5 Å². The van der Waals surface area contributed by atoms with Crippen LogP contribution in [0.1, 0.15) is 38.2 Å². The molecule has 2 atom stereocenters. The Morgan fingerprint density at radius 2 is 2.06 bits per heavy atom. The Morgan fingerprint density at radius 1 is 1.31 bits per heavy atom. The van der Waals surface area contributed by atoms with Crippen LogP contribution in [0, 0.1) is 5.82 Å². The van der Waals surface area contributed by atoms with Crippen molar-refractivity contribution in [1.29, 1.82) is 0 Å². The first-order chi connectivity index (χ1) is 16.9. The van der Waals surface area contributed by atoms with Crippen LogP contribution in [-0.2, 0) is 20.8 Å². The van der Waals surface area contributed by atoms with Crippen molar-refractivity contribution in [2.45, 2.75) is 56.2 Å². The van der Waals surface area contributed by atoms with Gasteiger partial charge in [0.2, 0.25) is 0 Å². The highest BCUT2D eigenvalue weighted by Crippen LogP contribution is 2.36. The third kappa shape index (κ3) is 6.68. The Bertz CT molecular complexity index is 921. The van der Waals surface area contributed by atoms with Gasteiger partial charge in [0.15, 0.2) is 5.37 Å². The van der Waals surface area contributed by atoms with Crippen molar-refractivity contribution < 1.29 is 23.5 Å². The summed E-state index contributed by atoms with van der Waals surface area (Å²) in [5.41, 5.74) is 0.616. The van der Waals surface area contributed by atoms with E-state index in [1.165, 1.54) is 23.9 Å². The third-order valence-electron chi connectivity index (χ3n) is 6.83. The normalized spacial score (nSPS) is 22.6. The Labute approximate surface area is 210 Å². The number of nitrogens with zero attached hydrogens (tertiary/aromatic N) is 2. The van der Waals surface area contributed by atoms with Crippen LogP contribution in [0.25, 0.3) is 0 Å². The van der Waals surface area contributed by atoms with Crippen molar-refractivity contribution >= 4 is 23.8 Å². The second-order valence-electron chi connectivity index (χ2n) is 9.48. The van der Waals surface area contributed by atoms with Gasteiger partial charge in [-0.25, -0.2) is 9.18 Å². The fraction of sp³-hybridized carbons (Fsp3) is 0.600. The molecule has 8 nitrogen and oxygen atoms in total. The first kappa shape index (κ1) is 25.8. The molecular formula is C25H35FN4O4S. The van der Waals surface area contributed by atoms with Gasteiger partial charge in [0.1, 0.15) is 11.4 Å². The summed E-state index contributed by atoms with van der Waals surface area (Å²) < 4.78 is 24.4. The molecule has 4 rings (SSSR count). The number of halogens is 1. The summed E-state index contributed by atoms with van der Waals surface area (Å²) in [6.07, 6.45) is 4.96. The standard InChI is InChI=1S/C25H35FN4O4S/c1-3-4-20(33-2)13-27-22(31)23-28-14-21(35-23)16-30-17-25(34-24(30)32)9-11-29(12-10-25)15-18-5-7-19(26)8-6-18/h5-8,14,20,23,28H,3-4,9-13,15-17H2,1-2H3,(H,27,31). The minimum atomic E-state index is -0.459. The molecule has 1 spiro atoms. The number of ether oxygens (including phenoxy) is 2. The Kier molecular flexibility index (Phi) is 8.56. The molecule has 0 saturated carbocycles. The molecule has 35 heavy (non-hydrogen) atoms. The molecular weight excluding hydrogens is 471 g/mol. The Balaban J connectivity index is 1.21. The summed E-state index contributed by atoms with van der Waals surface area (Å²) in [6, 6.07) is 6.59. The molecule has 0 bridgehead atoms. The second-order valence-corrected chi connectivity index (χ2v) is 10.7. The lowest BCUT2D eigenvalue weighted by Gasteiger charge is -2.37. The first-order valence-electron chi connectivity index (χ1n) is 12.3. The van der Waals surface area contributed by atoms with Gasteiger partial charge in [0.25, 0.3) is 5.91 Å². The Hall–Kier alpha value is -2.30. The maximum absolute atomic E-state index is 13.1. The van der Waals surface area contributed by atoms with Crippen molar-refractivity contribution in [3.63, 3.8) is 0 Å². The molecule has 0 aromatic heterocycles. The predicted octanol–water partition coefficient (Wildman–Crippen LogP) is 3.05. The number of likely N-dealkylation sites (tertiary alicyclic amines) is 1. The quantitative estimate of drug-likeness (QED) is 0.505. The van der Waals surface area contributed by atoms with Crippen molar-refractivity contribution in [2.24, 2.45) is 0 Å². The number of carbonyl (C=O) groups is 2. The highest BCUT2D eigenvalue weighted by Gasteiger charge is 2.47. The molecule has 1 aromatic rings. The lowest BCUT2D eigenvalue weighted by Crippen LogP contribution is -2.46. The zero-order chi connectivity index (χ0) is 24.8. The number of piperidine rings is 1.